The standard InChI is InChI=1S/C13H23NO3/c1-10(2)9-17-7-6-14-12-5-3-4-11(8-12)13(15)16/h11-12,14H,1,3-9H2,2H3,(H,15,16). The molecule has 0 spiro atoms. The lowest BCUT2D eigenvalue weighted by Crippen LogP contribution is -2.38. The number of aliphatic carboxylic acids is 1. The van der Waals surface area contributed by atoms with Crippen molar-refractivity contribution in [2.24, 2.45) is 5.92 Å². The minimum atomic E-state index is -0.657. The van der Waals surface area contributed by atoms with Crippen molar-refractivity contribution >= 4 is 5.97 Å². The molecule has 0 heterocycles. The Hall–Kier alpha value is -0.870. The maximum absolute atomic E-state index is 10.9. The molecule has 0 aromatic heterocycles. The Morgan fingerprint density at radius 3 is 2.94 bits per heavy atom. The lowest BCUT2D eigenvalue weighted by atomic mass is 9.86. The number of ether oxygens (including phenoxy) is 1. The van der Waals surface area contributed by atoms with Crippen LogP contribution in [-0.2, 0) is 9.53 Å². The highest BCUT2D eigenvalue weighted by Crippen LogP contribution is 2.24. The van der Waals surface area contributed by atoms with E-state index in [1.807, 2.05) is 6.92 Å². The van der Waals surface area contributed by atoms with Crippen LogP contribution in [0.2, 0.25) is 0 Å². The van der Waals surface area contributed by atoms with E-state index < -0.39 is 5.97 Å². The number of rotatable bonds is 7. The zero-order valence-corrected chi connectivity index (χ0v) is 10.6. The van der Waals surface area contributed by atoms with Crippen LogP contribution in [0.15, 0.2) is 12.2 Å². The highest BCUT2D eigenvalue weighted by Gasteiger charge is 2.26. The summed E-state index contributed by atoms with van der Waals surface area (Å²) in [5.74, 6) is -0.826. The van der Waals surface area contributed by atoms with Gasteiger partial charge in [-0.25, -0.2) is 0 Å². The van der Waals surface area contributed by atoms with Crippen LogP contribution in [0.4, 0.5) is 0 Å². The smallest absolute Gasteiger partial charge is 0.306 e. The molecule has 1 fully saturated rings. The van der Waals surface area contributed by atoms with Gasteiger partial charge in [0.2, 0.25) is 0 Å². The van der Waals surface area contributed by atoms with Crippen molar-refractivity contribution in [3.63, 3.8) is 0 Å². The second-order valence-corrected chi connectivity index (χ2v) is 4.86. The van der Waals surface area contributed by atoms with Gasteiger partial charge in [-0.15, -0.1) is 0 Å². The molecular weight excluding hydrogens is 218 g/mol. The predicted molar refractivity (Wildman–Crippen MR) is 67.0 cm³/mol. The SMILES string of the molecule is C=C(C)COCCNC1CCCC(C(=O)O)C1. The molecule has 0 bridgehead atoms. The number of nitrogens with one attached hydrogen (secondary N) is 1. The average Bonchev–Trinajstić information content (AvgIpc) is 2.28. The molecule has 2 atom stereocenters. The van der Waals surface area contributed by atoms with Crippen molar-refractivity contribution in [2.45, 2.75) is 38.6 Å². The minimum Gasteiger partial charge on any atom is -0.481 e. The highest BCUT2D eigenvalue weighted by atomic mass is 16.5. The summed E-state index contributed by atoms with van der Waals surface area (Å²) in [4.78, 5) is 10.9. The molecule has 17 heavy (non-hydrogen) atoms. The van der Waals surface area contributed by atoms with E-state index in [1.165, 1.54) is 0 Å². The Kier molecular flexibility index (Phi) is 6.22. The fourth-order valence-electron chi connectivity index (χ4n) is 2.18. The first-order valence-corrected chi connectivity index (χ1v) is 6.28. The van der Waals surface area contributed by atoms with Crippen LogP contribution in [0, 0.1) is 5.92 Å². The summed E-state index contributed by atoms with van der Waals surface area (Å²) < 4.78 is 5.38. The third-order valence-electron chi connectivity index (χ3n) is 3.05. The zero-order chi connectivity index (χ0) is 12.7. The lowest BCUT2D eigenvalue weighted by Gasteiger charge is -2.27. The fraction of sp³-hybridized carbons (Fsp3) is 0.769. The molecular formula is C13H23NO3. The van der Waals surface area contributed by atoms with Crippen LogP contribution in [0.1, 0.15) is 32.6 Å². The molecule has 98 valence electrons. The fourth-order valence-corrected chi connectivity index (χ4v) is 2.18. The van der Waals surface area contributed by atoms with Gasteiger partial charge >= 0.3 is 5.97 Å². The van der Waals surface area contributed by atoms with Crippen molar-refractivity contribution in [1.82, 2.24) is 5.32 Å². The molecule has 2 unspecified atom stereocenters. The predicted octanol–water partition coefficient (Wildman–Crippen LogP) is 1.81. The van der Waals surface area contributed by atoms with Crippen LogP contribution in [0.25, 0.3) is 0 Å². The quantitative estimate of drug-likeness (QED) is 0.527. The number of carbonyl (C=O) groups is 1. The zero-order valence-electron chi connectivity index (χ0n) is 10.6. The van der Waals surface area contributed by atoms with Crippen LogP contribution in [-0.4, -0.2) is 36.9 Å². The maximum atomic E-state index is 10.9. The van der Waals surface area contributed by atoms with E-state index in [-0.39, 0.29) is 5.92 Å². The number of hydrogen-bond donors (Lipinski definition) is 2. The van der Waals surface area contributed by atoms with E-state index in [9.17, 15) is 4.79 Å². The van der Waals surface area contributed by atoms with Gasteiger partial charge in [-0.1, -0.05) is 18.6 Å². The summed E-state index contributed by atoms with van der Waals surface area (Å²) >= 11 is 0. The topological polar surface area (TPSA) is 58.6 Å². The van der Waals surface area contributed by atoms with Gasteiger partial charge < -0.3 is 15.2 Å². The van der Waals surface area contributed by atoms with Gasteiger partial charge in [-0.2, -0.15) is 0 Å². The first kappa shape index (κ1) is 14.2. The van der Waals surface area contributed by atoms with Gasteiger partial charge in [0.1, 0.15) is 0 Å². The Morgan fingerprint density at radius 1 is 1.53 bits per heavy atom. The molecule has 1 aliphatic rings. The summed E-state index contributed by atoms with van der Waals surface area (Å²) in [6, 6.07) is 0.332. The first-order valence-electron chi connectivity index (χ1n) is 6.28. The van der Waals surface area contributed by atoms with Gasteiger partial charge in [-0.05, 0) is 26.2 Å². The lowest BCUT2D eigenvalue weighted by molar-refractivity contribution is -0.143. The second-order valence-electron chi connectivity index (χ2n) is 4.86. The van der Waals surface area contributed by atoms with Gasteiger partial charge in [-0.3, -0.25) is 4.79 Å². The Bertz CT molecular complexity index is 265. The number of carboxylic acids is 1. The van der Waals surface area contributed by atoms with Crippen molar-refractivity contribution < 1.29 is 14.6 Å². The van der Waals surface area contributed by atoms with Crippen LogP contribution in [0.3, 0.4) is 0 Å². The Labute approximate surface area is 103 Å². The highest BCUT2D eigenvalue weighted by molar-refractivity contribution is 5.70. The molecule has 0 aliphatic heterocycles. The summed E-state index contributed by atoms with van der Waals surface area (Å²) in [5.41, 5.74) is 1.02. The second kappa shape index (κ2) is 7.45. The Morgan fingerprint density at radius 2 is 2.29 bits per heavy atom. The molecule has 1 rings (SSSR count). The average molecular weight is 241 g/mol. The minimum absolute atomic E-state index is 0.169. The molecule has 2 N–H and O–H groups in total. The van der Waals surface area contributed by atoms with Crippen LogP contribution in [0.5, 0.6) is 0 Å². The molecule has 0 aromatic carbocycles. The third kappa shape index (κ3) is 5.84. The summed E-state index contributed by atoms with van der Waals surface area (Å²) in [7, 11) is 0. The van der Waals surface area contributed by atoms with Gasteiger partial charge in [0.25, 0.3) is 0 Å². The van der Waals surface area contributed by atoms with E-state index in [1.54, 1.807) is 0 Å². The molecule has 0 radical (unpaired) electrons. The largest absolute Gasteiger partial charge is 0.481 e. The third-order valence-corrected chi connectivity index (χ3v) is 3.05. The molecule has 1 saturated carbocycles. The van der Waals surface area contributed by atoms with Crippen LogP contribution >= 0.6 is 0 Å². The van der Waals surface area contributed by atoms with Gasteiger partial charge in [0.05, 0.1) is 19.1 Å². The summed E-state index contributed by atoms with van der Waals surface area (Å²) in [6.07, 6.45) is 3.64. The van der Waals surface area contributed by atoms with E-state index in [0.717, 1.165) is 37.8 Å². The van der Waals surface area contributed by atoms with Crippen molar-refractivity contribution in [3.8, 4) is 0 Å². The number of hydrogen-bond acceptors (Lipinski definition) is 3. The van der Waals surface area contributed by atoms with Crippen molar-refractivity contribution in [2.75, 3.05) is 19.8 Å². The molecule has 4 nitrogen and oxygen atoms in total. The molecule has 4 heteroatoms. The van der Waals surface area contributed by atoms with E-state index in [4.69, 9.17) is 9.84 Å². The first-order chi connectivity index (χ1) is 8.09. The molecule has 0 saturated heterocycles. The van der Waals surface area contributed by atoms with Crippen molar-refractivity contribution in [1.29, 1.82) is 0 Å². The monoisotopic (exact) mass is 241 g/mol. The molecule has 0 aromatic rings. The maximum Gasteiger partial charge on any atom is 0.306 e. The van der Waals surface area contributed by atoms with Gasteiger partial charge in [0.15, 0.2) is 0 Å². The normalized spacial score (nSPS) is 24.5. The number of carboxylic acid groups (broad SMARTS) is 1. The van der Waals surface area contributed by atoms with E-state index in [0.29, 0.717) is 19.3 Å². The van der Waals surface area contributed by atoms with E-state index in [2.05, 4.69) is 11.9 Å². The summed E-state index contributed by atoms with van der Waals surface area (Å²) in [6.45, 7) is 7.73. The van der Waals surface area contributed by atoms with Gasteiger partial charge in [0, 0.05) is 12.6 Å². The molecule has 0 amide bonds. The van der Waals surface area contributed by atoms with Crippen LogP contribution < -0.4 is 5.32 Å². The molecule has 1 aliphatic carbocycles. The summed E-state index contributed by atoms with van der Waals surface area (Å²) in [5, 5.41) is 12.3. The van der Waals surface area contributed by atoms with Crippen molar-refractivity contribution in [3.05, 3.63) is 12.2 Å². The van der Waals surface area contributed by atoms with E-state index >= 15 is 0 Å². The Balaban J connectivity index is 2.10.